The summed E-state index contributed by atoms with van der Waals surface area (Å²) < 4.78 is 44.6. The zero-order chi connectivity index (χ0) is 21.3. The zero-order valence-electron chi connectivity index (χ0n) is 16.7. The molecule has 0 unspecified atom stereocenters. The lowest BCUT2D eigenvalue weighted by Crippen LogP contribution is -2.24. The molecule has 0 spiro atoms. The lowest BCUT2D eigenvalue weighted by molar-refractivity contribution is -0.137. The third-order valence-electron chi connectivity index (χ3n) is 5.51. The molecule has 1 amide bonds. The highest BCUT2D eigenvalue weighted by atomic mass is 19.4. The lowest BCUT2D eigenvalue weighted by atomic mass is 9.99. The lowest BCUT2D eigenvalue weighted by Gasteiger charge is -2.28. The number of carbonyl (C=O) groups is 1. The number of allylic oxidation sites excluding steroid dienone is 1. The van der Waals surface area contributed by atoms with Gasteiger partial charge in [-0.1, -0.05) is 12.1 Å². The molecule has 2 heterocycles. The molecule has 4 nitrogen and oxygen atoms in total. The molecule has 0 aliphatic carbocycles. The highest BCUT2D eigenvalue weighted by Crippen LogP contribution is 2.38. The molecular formula is C23H23F3N2O2. The second-order valence-electron chi connectivity index (χ2n) is 7.69. The van der Waals surface area contributed by atoms with Crippen LogP contribution in [0.2, 0.25) is 0 Å². The summed E-state index contributed by atoms with van der Waals surface area (Å²) in [6, 6.07) is 9.29. The number of benzene rings is 2. The smallest absolute Gasteiger partial charge is 0.416 e. The van der Waals surface area contributed by atoms with Crippen molar-refractivity contribution in [1.82, 2.24) is 0 Å². The molecule has 2 aliphatic rings. The molecular weight excluding hydrogens is 393 g/mol. The number of ether oxygens (including phenoxy) is 1. The van der Waals surface area contributed by atoms with E-state index in [0.717, 1.165) is 37.2 Å². The number of halogens is 3. The standard InChI is InChI=1S/C23H23F3N2O2/c1-28-10-2-4-15-6-8-18(14-20(15)28)27-22(29)12-16-5-3-11-30-21-13-17(23(24,25)26)7-9-19(16)21/h6-9,12-14H,2-5,10-11H2,1H3,(H,27,29). The predicted molar refractivity (Wildman–Crippen MR) is 111 cm³/mol. The highest BCUT2D eigenvalue weighted by molar-refractivity contribution is 6.04. The minimum absolute atomic E-state index is 0.164. The summed E-state index contributed by atoms with van der Waals surface area (Å²) in [5.41, 5.74) is 3.51. The average molecular weight is 416 g/mol. The average Bonchev–Trinajstić information content (AvgIpc) is 2.90. The molecule has 4 rings (SSSR count). The van der Waals surface area contributed by atoms with Crippen molar-refractivity contribution >= 4 is 22.9 Å². The molecule has 1 N–H and O–H groups in total. The van der Waals surface area contributed by atoms with Gasteiger partial charge in [0.2, 0.25) is 5.91 Å². The number of carbonyl (C=O) groups excluding carboxylic acids is 1. The van der Waals surface area contributed by atoms with Gasteiger partial charge >= 0.3 is 6.18 Å². The van der Waals surface area contributed by atoms with Gasteiger partial charge in [-0.25, -0.2) is 0 Å². The number of fused-ring (bicyclic) bond motifs is 2. The van der Waals surface area contributed by atoms with Crippen molar-refractivity contribution < 1.29 is 22.7 Å². The molecule has 30 heavy (non-hydrogen) atoms. The van der Waals surface area contributed by atoms with E-state index >= 15 is 0 Å². The fourth-order valence-electron chi connectivity index (χ4n) is 3.98. The SMILES string of the molecule is CN1CCCc2ccc(NC(=O)C=C3CCCOc4cc(C(F)(F)F)ccc43)cc21. The third kappa shape index (κ3) is 4.30. The number of alkyl halides is 3. The Hall–Kier alpha value is -2.96. The number of nitrogens with zero attached hydrogens (tertiary/aromatic N) is 1. The predicted octanol–water partition coefficient (Wildman–Crippen LogP) is 5.28. The van der Waals surface area contributed by atoms with Gasteiger partial charge in [-0.15, -0.1) is 0 Å². The quantitative estimate of drug-likeness (QED) is 0.677. The van der Waals surface area contributed by atoms with Crippen molar-refractivity contribution in [3.05, 3.63) is 59.2 Å². The van der Waals surface area contributed by atoms with Gasteiger partial charge in [-0.2, -0.15) is 13.2 Å². The fraction of sp³-hybridized carbons (Fsp3) is 0.348. The Morgan fingerprint density at radius 3 is 2.77 bits per heavy atom. The molecule has 7 heteroatoms. The molecule has 0 aromatic heterocycles. The van der Waals surface area contributed by atoms with Gasteiger partial charge in [0.25, 0.3) is 0 Å². The van der Waals surface area contributed by atoms with Crippen LogP contribution in [0.15, 0.2) is 42.5 Å². The summed E-state index contributed by atoms with van der Waals surface area (Å²) in [6.07, 6.45) is 0.334. The number of amides is 1. The Bertz CT molecular complexity index is 998. The van der Waals surface area contributed by atoms with Crippen molar-refractivity contribution in [2.45, 2.75) is 31.9 Å². The number of rotatable bonds is 2. The molecule has 2 aromatic rings. The van der Waals surface area contributed by atoms with Crippen LogP contribution in [0.1, 0.15) is 36.0 Å². The van der Waals surface area contributed by atoms with E-state index in [2.05, 4.69) is 10.2 Å². The fourth-order valence-corrected chi connectivity index (χ4v) is 3.98. The van der Waals surface area contributed by atoms with E-state index in [1.807, 2.05) is 25.2 Å². The second-order valence-corrected chi connectivity index (χ2v) is 7.69. The maximum Gasteiger partial charge on any atom is 0.416 e. The molecule has 0 fully saturated rings. The van der Waals surface area contributed by atoms with Crippen LogP contribution in [-0.4, -0.2) is 26.1 Å². The monoisotopic (exact) mass is 416 g/mol. The number of aryl methyl sites for hydroxylation is 1. The van der Waals surface area contributed by atoms with E-state index < -0.39 is 11.7 Å². The number of hydrogen-bond acceptors (Lipinski definition) is 3. The molecule has 2 aliphatic heterocycles. The van der Waals surface area contributed by atoms with Crippen LogP contribution in [0.5, 0.6) is 5.75 Å². The summed E-state index contributed by atoms with van der Waals surface area (Å²) in [7, 11) is 2.03. The minimum atomic E-state index is -4.44. The Balaban J connectivity index is 1.58. The maximum atomic E-state index is 13.0. The Morgan fingerprint density at radius 1 is 1.13 bits per heavy atom. The first-order chi connectivity index (χ1) is 14.3. The summed E-state index contributed by atoms with van der Waals surface area (Å²) in [5, 5.41) is 2.88. The second kappa shape index (κ2) is 8.05. The third-order valence-corrected chi connectivity index (χ3v) is 5.51. The first-order valence-corrected chi connectivity index (χ1v) is 10.0. The topological polar surface area (TPSA) is 41.6 Å². The van der Waals surface area contributed by atoms with Gasteiger partial charge in [0.15, 0.2) is 0 Å². The van der Waals surface area contributed by atoms with Crippen molar-refractivity contribution in [1.29, 1.82) is 0 Å². The summed E-state index contributed by atoms with van der Waals surface area (Å²) >= 11 is 0. The Morgan fingerprint density at radius 2 is 1.97 bits per heavy atom. The van der Waals surface area contributed by atoms with Crippen LogP contribution in [0.25, 0.3) is 5.57 Å². The largest absolute Gasteiger partial charge is 0.493 e. The van der Waals surface area contributed by atoms with Crippen molar-refractivity contribution in [2.75, 3.05) is 30.4 Å². The van der Waals surface area contributed by atoms with E-state index in [1.165, 1.54) is 17.7 Å². The van der Waals surface area contributed by atoms with E-state index in [0.29, 0.717) is 36.3 Å². The zero-order valence-corrected chi connectivity index (χ0v) is 16.7. The van der Waals surface area contributed by atoms with Crippen molar-refractivity contribution in [2.24, 2.45) is 0 Å². The van der Waals surface area contributed by atoms with E-state index in [4.69, 9.17) is 4.74 Å². The van der Waals surface area contributed by atoms with E-state index in [1.54, 1.807) is 0 Å². The Labute approximate surface area is 173 Å². The molecule has 0 atom stereocenters. The Kier molecular flexibility index (Phi) is 5.45. The number of nitrogens with one attached hydrogen (secondary N) is 1. The molecule has 0 saturated carbocycles. The van der Waals surface area contributed by atoms with E-state index in [-0.39, 0.29) is 11.7 Å². The van der Waals surface area contributed by atoms with Crippen LogP contribution < -0.4 is 15.0 Å². The molecule has 0 radical (unpaired) electrons. The highest BCUT2D eigenvalue weighted by Gasteiger charge is 2.32. The summed E-state index contributed by atoms with van der Waals surface area (Å²) in [4.78, 5) is 14.8. The molecule has 0 saturated heterocycles. The first-order valence-electron chi connectivity index (χ1n) is 10.0. The van der Waals surface area contributed by atoms with Crippen molar-refractivity contribution in [3.8, 4) is 5.75 Å². The van der Waals surface area contributed by atoms with Gasteiger partial charge in [0.05, 0.1) is 12.2 Å². The summed E-state index contributed by atoms with van der Waals surface area (Å²) in [6.45, 7) is 1.29. The number of hydrogen-bond donors (Lipinski definition) is 1. The molecule has 2 aromatic carbocycles. The molecule has 158 valence electrons. The molecule has 0 bridgehead atoms. The van der Waals surface area contributed by atoms with Crippen LogP contribution in [-0.2, 0) is 17.4 Å². The van der Waals surface area contributed by atoms with Gasteiger partial charge in [0.1, 0.15) is 5.75 Å². The van der Waals surface area contributed by atoms with Gasteiger partial charge < -0.3 is 15.0 Å². The normalized spacial score (nSPS) is 17.6. The minimum Gasteiger partial charge on any atom is -0.493 e. The summed E-state index contributed by atoms with van der Waals surface area (Å²) in [5.74, 6) is -0.145. The van der Waals surface area contributed by atoms with Crippen LogP contribution in [0.3, 0.4) is 0 Å². The van der Waals surface area contributed by atoms with Gasteiger partial charge in [-0.3, -0.25) is 4.79 Å². The van der Waals surface area contributed by atoms with Crippen LogP contribution in [0, 0.1) is 0 Å². The first kappa shape index (κ1) is 20.3. The number of anilines is 2. The van der Waals surface area contributed by atoms with E-state index in [9.17, 15) is 18.0 Å². The van der Waals surface area contributed by atoms with Gasteiger partial charge in [0, 0.05) is 36.6 Å². The van der Waals surface area contributed by atoms with Crippen molar-refractivity contribution in [3.63, 3.8) is 0 Å². The maximum absolute atomic E-state index is 13.0. The van der Waals surface area contributed by atoms with Crippen LogP contribution in [0.4, 0.5) is 24.5 Å². The van der Waals surface area contributed by atoms with Crippen LogP contribution >= 0.6 is 0 Å². The van der Waals surface area contributed by atoms with Gasteiger partial charge in [-0.05, 0) is 61.1 Å².